The maximum absolute atomic E-state index is 11.2. The molecular formula is C13H16ClNO2S. The minimum Gasteiger partial charge on any atom is -0.478 e. The lowest BCUT2D eigenvalue weighted by Gasteiger charge is -2.21. The lowest BCUT2D eigenvalue weighted by molar-refractivity contribution is 0.0698. The molecule has 1 saturated carbocycles. The first-order chi connectivity index (χ1) is 8.61. The molecule has 1 aliphatic carbocycles. The summed E-state index contributed by atoms with van der Waals surface area (Å²) in [6, 6.07) is 5.18. The lowest BCUT2D eigenvalue weighted by atomic mass is 10.1. The van der Waals surface area contributed by atoms with Crippen molar-refractivity contribution in [1.82, 2.24) is 0 Å². The number of benzene rings is 1. The fourth-order valence-electron chi connectivity index (χ4n) is 2.40. The van der Waals surface area contributed by atoms with Crippen LogP contribution in [0.25, 0.3) is 0 Å². The van der Waals surface area contributed by atoms with E-state index in [0.717, 1.165) is 6.42 Å². The average Bonchev–Trinajstić information content (AvgIpc) is 2.76. The number of carboxylic acid groups (broad SMARTS) is 1. The topological polar surface area (TPSA) is 49.3 Å². The molecule has 1 aromatic carbocycles. The third-order valence-corrected chi connectivity index (χ3v) is 4.71. The summed E-state index contributed by atoms with van der Waals surface area (Å²) in [6.07, 6.45) is 5.55. The Bertz CT molecular complexity index is 453. The predicted octanol–water partition coefficient (Wildman–Crippen LogP) is 3.73. The molecule has 2 unspecified atom stereocenters. The van der Waals surface area contributed by atoms with Crippen LogP contribution < -0.4 is 5.32 Å². The Kier molecular flexibility index (Phi) is 4.40. The number of rotatable bonds is 4. The number of aromatic carboxylic acids is 1. The van der Waals surface area contributed by atoms with Crippen LogP contribution in [0.3, 0.4) is 0 Å². The Hall–Kier alpha value is -0.870. The van der Waals surface area contributed by atoms with Crippen LogP contribution >= 0.6 is 23.4 Å². The molecule has 1 fully saturated rings. The van der Waals surface area contributed by atoms with Crippen molar-refractivity contribution in [2.24, 2.45) is 0 Å². The Balaban J connectivity index is 2.22. The van der Waals surface area contributed by atoms with Crippen LogP contribution in [0.4, 0.5) is 5.69 Å². The number of hydrogen-bond donors (Lipinski definition) is 2. The van der Waals surface area contributed by atoms with Crippen molar-refractivity contribution >= 4 is 35.0 Å². The highest BCUT2D eigenvalue weighted by atomic mass is 35.5. The van der Waals surface area contributed by atoms with E-state index < -0.39 is 5.97 Å². The van der Waals surface area contributed by atoms with Gasteiger partial charge in [0.05, 0.1) is 11.3 Å². The molecule has 5 heteroatoms. The van der Waals surface area contributed by atoms with Crippen LogP contribution in [0, 0.1) is 0 Å². The summed E-state index contributed by atoms with van der Waals surface area (Å²) >= 11 is 7.77. The standard InChI is InChI=1S/C13H16ClNO2S/c1-18-12-4-2-3-10(12)15-11-7-8(14)5-6-9(11)13(16)17/h5-7,10,12,15H,2-4H2,1H3,(H,16,17). The molecule has 0 aliphatic heterocycles. The van der Waals surface area contributed by atoms with Gasteiger partial charge in [-0.05, 0) is 37.3 Å². The van der Waals surface area contributed by atoms with Crippen LogP contribution in [0.15, 0.2) is 18.2 Å². The Morgan fingerprint density at radius 3 is 2.94 bits per heavy atom. The van der Waals surface area contributed by atoms with Gasteiger partial charge in [-0.1, -0.05) is 18.0 Å². The maximum Gasteiger partial charge on any atom is 0.337 e. The number of nitrogens with one attached hydrogen (secondary N) is 1. The van der Waals surface area contributed by atoms with Crippen LogP contribution in [-0.2, 0) is 0 Å². The summed E-state index contributed by atoms with van der Waals surface area (Å²) in [6.45, 7) is 0. The van der Waals surface area contributed by atoms with Crippen molar-refractivity contribution < 1.29 is 9.90 Å². The maximum atomic E-state index is 11.2. The van der Waals surface area contributed by atoms with Gasteiger partial charge in [-0.15, -0.1) is 0 Å². The van der Waals surface area contributed by atoms with E-state index in [0.29, 0.717) is 22.0 Å². The summed E-state index contributed by atoms with van der Waals surface area (Å²) < 4.78 is 0. The van der Waals surface area contributed by atoms with Gasteiger partial charge in [-0.3, -0.25) is 0 Å². The lowest BCUT2D eigenvalue weighted by Crippen LogP contribution is -2.26. The molecular weight excluding hydrogens is 270 g/mol. The van der Waals surface area contributed by atoms with Gasteiger partial charge in [0.1, 0.15) is 0 Å². The van der Waals surface area contributed by atoms with Gasteiger partial charge in [-0.25, -0.2) is 4.79 Å². The molecule has 2 atom stereocenters. The Morgan fingerprint density at radius 1 is 1.50 bits per heavy atom. The predicted molar refractivity (Wildman–Crippen MR) is 77.0 cm³/mol. The normalized spacial score (nSPS) is 23.0. The van der Waals surface area contributed by atoms with Crippen molar-refractivity contribution in [3.05, 3.63) is 28.8 Å². The number of halogens is 1. The molecule has 0 amide bonds. The third-order valence-electron chi connectivity index (χ3n) is 3.31. The van der Waals surface area contributed by atoms with Crippen LogP contribution in [0.1, 0.15) is 29.6 Å². The zero-order valence-electron chi connectivity index (χ0n) is 10.1. The SMILES string of the molecule is CSC1CCCC1Nc1cc(Cl)ccc1C(=O)O. The van der Waals surface area contributed by atoms with Crippen LogP contribution in [0.5, 0.6) is 0 Å². The smallest absolute Gasteiger partial charge is 0.337 e. The van der Waals surface area contributed by atoms with E-state index in [2.05, 4.69) is 11.6 Å². The summed E-state index contributed by atoms with van der Waals surface area (Å²) in [4.78, 5) is 11.2. The first-order valence-corrected chi connectivity index (χ1v) is 7.60. The molecule has 18 heavy (non-hydrogen) atoms. The van der Waals surface area contributed by atoms with Gasteiger partial charge in [-0.2, -0.15) is 11.8 Å². The molecule has 1 aliphatic rings. The van der Waals surface area contributed by atoms with Crippen molar-refractivity contribution in [2.75, 3.05) is 11.6 Å². The number of thioether (sulfide) groups is 1. The molecule has 2 rings (SSSR count). The second kappa shape index (κ2) is 5.85. The first kappa shape index (κ1) is 13.6. The van der Waals surface area contributed by atoms with Gasteiger partial charge in [0.2, 0.25) is 0 Å². The van der Waals surface area contributed by atoms with Gasteiger partial charge in [0.15, 0.2) is 0 Å². The molecule has 0 radical (unpaired) electrons. The van der Waals surface area contributed by atoms with E-state index in [1.165, 1.54) is 12.8 Å². The Morgan fingerprint density at radius 2 is 2.28 bits per heavy atom. The second-order valence-corrected chi connectivity index (χ2v) is 5.96. The fraction of sp³-hybridized carbons (Fsp3) is 0.462. The van der Waals surface area contributed by atoms with Crippen molar-refractivity contribution in [2.45, 2.75) is 30.6 Å². The van der Waals surface area contributed by atoms with Gasteiger partial charge < -0.3 is 10.4 Å². The molecule has 98 valence electrons. The largest absolute Gasteiger partial charge is 0.478 e. The summed E-state index contributed by atoms with van der Waals surface area (Å²) in [7, 11) is 0. The number of carbonyl (C=O) groups is 1. The average molecular weight is 286 g/mol. The second-order valence-electron chi connectivity index (χ2n) is 4.45. The van der Waals surface area contributed by atoms with Crippen molar-refractivity contribution in [3.63, 3.8) is 0 Å². The molecule has 2 N–H and O–H groups in total. The van der Waals surface area contributed by atoms with E-state index in [9.17, 15) is 4.79 Å². The minimum absolute atomic E-state index is 0.283. The quantitative estimate of drug-likeness (QED) is 0.885. The highest BCUT2D eigenvalue weighted by Gasteiger charge is 2.27. The highest BCUT2D eigenvalue weighted by molar-refractivity contribution is 7.99. The van der Waals surface area contributed by atoms with E-state index in [1.54, 1.807) is 18.2 Å². The number of carboxylic acids is 1. The molecule has 1 aromatic rings. The highest BCUT2D eigenvalue weighted by Crippen LogP contribution is 2.32. The van der Waals surface area contributed by atoms with Crippen molar-refractivity contribution in [3.8, 4) is 0 Å². The van der Waals surface area contributed by atoms with E-state index in [4.69, 9.17) is 16.7 Å². The van der Waals surface area contributed by atoms with Crippen molar-refractivity contribution in [1.29, 1.82) is 0 Å². The van der Waals surface area contributed by atoms with Gasteiger partial charge >= 0.3 is 5.97 Å². The van der Waals surface area contributed by atoms with Gasteiger partial charge in [0, 0.05) is 16.3 Å². The molecule has 0 bridgehead atoms. The third kappa shape index (κ3) is 2.93. The molecule has 0 saturated heterocycles. The fourth-order valence-corrected chi connectivity index (χ4v) is 3.50. The summed E-state index contributed by atoms with van der Waals surface area (Å²) in [5.41, 5.74) is 0.909. The molecule has 0 spiro atoms. The first-order valence-electron chi connectivity index (χ1n) is 5.94. The minimum atomic E-state index is -0.923. The van der Waals surface area contributed by atoms with Crippen LogP contribution in [0.2, 0.25) is 5.02 Å². The Labute approximate surface area is 116 Å². The molecule has 3 nitrogen and oxygen atoms in total. The number of anilines is 1. The van der Waals surface area contributed by atoms with E-state index >= 15 is 0 Å². The van der Waals surface area contributed by atoms with E-state index in [1.807, 2.05) is 11.8 Å². The van der Waals surface area contributed by atoms with Crippen LogP contribution in [-0.4, -0.2) is 28.6 Å². The van der Waals surface area contributed by atoms with E-state index in [-0.39, 0.29) is 5.56 Å². The summed E-state index contributed by atoms with van der Waals surface area (Å²) in [5, 5.41) is 13.6. The van der Waals surface area contributed by atoms with Gasteiger partial charge in [0.25, 0.3) is 0 Å². The monoisotopic (exact) mass is 285 g/mol. The number of hydrogen-bond acceptors (Lipinski definition) is 3. The molecule has 0 heterocycles. The zero-order chi connectivity index (χ0) is 13.1. The summed E-state index contributed by atoms with van der Waals surface area (Å²) in [5.74, 6) is -0.923. The zero-order valence-corrected chi connectivity index (χ0v) is 11.7. The molecule has 0 aromatic heterocycles.